The lowest BCUT2D eigenvalue weighted by Gasteiger charge is -2.21. The van der Waals surface area contributed by atoms with Crippen molar-refractivity contribution in [3.8, 4) is 0 Å². The number of carbonyl (C=O) groups excluding carboxylic acids is 1. The monoisotopic (exact) mass is 271 g/mol. The smallest absolute Gasteiger partial charge is 0.271 e. The van der Waals surface area contributed by atoms with Crippen LogP contribution in [-0.2, 0) is 4.79 Å². The molecule has 0 spiro atoms. The van der Waals surface area contributed by atoms with Gasteiger partial charge in [-0.2, -0.15) is 0 Å². The molecule has 0 radical (unpaired) electrons. The third-order valence-electron chi connectivity index (χ3n) is 2.66. The predicted molar refractivity (Wildman–Crippen MR) is 69.6 cm³/mol. The molecule has 0 fully saturated rings. The molecule has 1 aromatic rings. The van der Waals surface area contributed by atoms with Crippen molar-refractivity contribution in [3.05, 3.63) is 33.3 Å². The average molecular weight is 272 g/mol. The molecule has 7 heteroatoms. The Bertz CT molecular complexity index is 488. The zero-order valence-electron chi connectivity index (χ0n) is 10.1. The van der Waals surface area contributed by atoms with Crippen molar-refractivity contribution in [2.45, 2.75) is 25.8 Å². The van der Waals surface area contributed by atoms with E-state index in [1.807, 2.05) is 0 Å². The molecule has 18 heavy (non-hydrogen) atoms. The molecule has 1 atom stereocenters. The van der Waals surface area contributed by atoms with Crippen LogP contribution in [0.3, 0.4) is 0 Å². The summed E-state index contributed by atoms with van der Waals surface area (Å²) in [6, 6.07) is 3.82. The van der Waals surface area contributed by atoms with E-state index in [1.165, 1.54) is 18.2 Å². The van der Waals surface area contributed by atoms with Gasteiger partial charge in [0.15, 0.2) is 0 Å². The summed E-state index contributed by atoms with van der Waals surface area (Å²) in [6.45, 7) is 3.35. The number of nitrogens with one attached hydrogen (secondary N) is 1. The molecule has 3 N–H and O–H groups in total. The number of hydrogen-bond donors (Lipinski definition) is 2. The molecule has 0 aliphatic heterocycles. The average Bonchev–Trinajstić information content (AvgIpc) is 2.31. The summed E-state index contributed by atoms with van der Waals surface area (Å²) in [5.41, 5.74) is 4.75. The number of nitrogens with two attached hydrogens (primary N) is 1. The molecule has 98 valence electrons. The molecule has 0 saturated carbocycles. The highest BCUT2D eigenvalue weighted by Crippen LogP contribution is 2.27. The molecule has 1 rings (SSSR count). The maximum absolute atomic E-state index is 11.8. The van der Waals surface area contributed by atoms with E-state index < -0.39 is 16.4 Å². The lowest BCUT2D eigenvalue weighted by molar-refractivity contribution is -0.384. The van der Waals surface area contributed by atoms with Gasteiger partial charge in [-0.15, -0.1) is 0 Å². The van der Waals surface area contributed by atoms with Crippen molar-refractivity contribution in [1.82, 2.24) is 0 Å². The maximum Gasteiger partial charge on any atom is 0.271 e. The first kappa shape index (κ1) is 14.4. The Balaban J connectivity index is 3.01. The number of rotatable bonds is 4. The molecule has 0 saturated heterocycles. The summed E-state index contributed by atoms with van der Waals surface area (Å²) in [5.74, 6) is -0.438. The first-order valence-corrected chi connectivity index (χ1v) is 5.70. The molecule has 0 heterocycles. The largest absolute Gasteiger partial charge is 0.323 e. The van der Waals surface area contributed by atoms with Crippen LogP contribution in [0.5, 0.6) is 0 Å². The topological polar surface area (TPSA) is 98.3 Å². The predicted octanol–water partition coefficient (Wildman–Crippen LogP) is 2.31. The Morgan fingerprint density at radius 1 is 1.61 bits per heavy atom. The number of carbonyl (C=O) groups is 1. The fraction of sp³-hybridized carbons (Fsp3) is 0.364. The van der Waals surface area contributed by atoms with E-state index in [0.717, 1.165) is 0 Å². The van der Waals surface area contributed by atoms with Gasteiger partial charge in [0, 0.05) is 12.1 Å². The molecular formula is C11H14ClN3O3. The number of non-ortho nitro benzene ring substituents is 1. The molecule has 0 aliphatic carbocycles. The van der Waals surface area contributed by atoms with Gasteiger partial charge in [0.1, 0.15) is 0 Å². The first-order valence-electron chi connectivity index (χ1n) is 5.32. The Morgan fingerprint density at radius 2 is 2.22 bits per heavy atom. The Hall–Kier alpha value is -1.66. The number of benzene rings is 1. The third-order valence-corrected chi connectivity index (χ3v) is 2.99. The van der Waals surface area contributed by atoms with Gasteiger partial charge in [-0.25, -0.2) is 0 Å². The zero-order valence-corrected chi connectivity index (χ0v) is 10.8. The minimum atomic E-state index is -1.05. The fourth-order valence-electron chi connectivity index (χ4n) is 1.15. The highest BCUT2D eigenvalue weighted by Gasteiger charge is 2.26. The molecule has 1 aromatic carbocycles. The summed E-state index contributed by atoms with van der Waals surface area (Å²) in [5, 5.41) is 13.3. The van der Waals surface area contributed by atoms with Crippen LogP contribution in [0.15, 0.2) is 18.2 Å². The summed E-state index contributed by atoms with van der Waals surface area (Å²) in [7, 11) is 0. The van der Waals surface area contributed by atoms with Crippen LogP contribution in [-0.4, -0.2) is 16.4 Å². The third kappa shape index (κ3) is 3.18. The molecule has 0 aliphatic rings. The Labute approximate surface area is 109 Å². The van der Waals surface area contributed by atoms with E-state index in [0.29, 0.717) is 6.42 Å². The fourth-order valence-corrected chi connectivity index (χ4v) is 1.31. The van der Waals surface area contributed by atoms with E-state index in [4.69, 9.17) is 17.3 Å². The van der Waals surface area contributed by atoms with Crippen LogP contribution in [0.25, 0.3) is 0 Å². The lowest BCUT2D eigenvalue weighted by atomic mass is 9.99. The summed E-state index contributed by atoms with van der Waals surface area (Å²) < 4.78 is 0. The van der Waals surface area contributed by atoms with Gasteiger partial charge in [0.2, 0.25) is 5.91 Å². The van der Waals surface area contributed by atoms with Crippen molar-refractivity contribution >= 4 is 28.9 Å². The molecular weight excluding hydrogens is 258 g/mol. The second kappa shape index (κ2) is 5.32. The molecule has 6 nitrogen and oxygen atoms in total. The number of hydrogen-bond acceptors (Lipinski definition) is 4. The standard InChI is InChI=1S/C11H14ClN3O3/c1-3-11(2,13)10(16)14-9-6-7(15(17)18)4-5-8(9)12/h4-6H,3,13H2,1-2H3,(H,14,16). The minimum Gasteiger partial charge on any atom is -0.323 e. The number of anilines is 1. The normalized spacial score (nSPS) is 13.8. The molecule has 0 bridgehead atoms. The highest BCUT2D eigenvalue weighted by molar-refractivity contribution is 6.33. The van der Waals surface area contributed by atoms with Gasteiger partial charge in [-0.05, 0) is 19.4 Å². The SMILES string of the molecule is CCC(C)(N)C(=O)Nc1cc([N+](=O)[O-])ccc1Cl. The van der Waals surface area contributed by atoms with Gasteiger partial charge in [0.05, 0.1) is 21.2 Å². The molecule has 1 unspecified atom stereocenters. The van der Waals surface area contributed by atoms with Crippen LogP contribution in [0.4, 0.5) is 11.4 Å². The van der Waals surface area contributed by atoms with E-state index in [1.54, 1.807) is 13.8 Å². The second-order valence-electron chi connectivity index (χ2n) is 4.15. The molecule has 1 amide bonds. The van der Waals surface area contributed by atoms with E-state index >= 15 is 0 Å². The van der Waals surface area contributed by atoms with Crippen molar-refractivity contribution in [3.63, 3.8) is 0 Å². The van der Waals surface area contributed by atoms with Crippen molar-refractivity contribution < 1.29 is 9.72 Å². The summed E-state index contributed by atoms with van der Waals surface area (Å²) >= 11 is 5.86. The van der Waals surface area contributed by atoms with E-state index in [9.17, 15) is 14.9 Å². The minimum absolute atomic E-state index is 0.148. The van der Waals surface area contributed by atoms with Crippen LogP contribution < -0.4 is 11.1 Å². The van der Waals surface area contributed by atoms with Crippen LogP contribution in [0, 0.1) is 10.1 Å². The second-order valence-corrected chi connectivity index (χ2v) is 4.55. The van der Waals surface area contributed by atoms with Crippen LogP contribution >= 0.6 is 11.6 Å². The number of amides is 1. The van der Waals surface area contributed by atoms with Gasteiger partial charge < -0.3 is 11.1 Å². The quantitative estimate of drug-likeness (QED) is 0.648. The van der Waals surface area contributed by atoms with E-state index in [-0.39, 0.29) is 16.4 Å². The zero-order chi connectivity index (χ0) is 13.9. The van der Waals surface area contributed by atoms with Gasteiger partial charge in [-0.3, -0.25) is 14.9 Å². The Kier molecular flexibility index (Phi) is 4.26. The molecule has 0 aromatic heterocycles. The van der Waals surface area contributed by atoms with E-state index in [2.05, 4.69) is 5.32 Å². The number of nitrogens with zero attached hydrogens (tertiary/aromatic N) is 1. The number of halogens is 1. The maximum atomic E-state index is 11.8. The summed E-state index contributed by atoms with van der Waals surface area (Å²) in [4.78, 5) is 21.9. The summed E-state index contributed by atoms with van der Waals surface area (Å²) in [6.07, 6.45) is 0.436. The highest BCUT2D eigenvalue weighted by atomic mass is 35.5. The first-order chi connectivity index (χ1) is 8.27. The van der Waals surface area contributed by atoms with Gasteiger partial charge >= 0.3 is 0 Å². The van der Waals surface area contributed by atoms with Crippen molar-refractivity contribution in [2.24, 2.45) is 5.73 Å². The van der Waals surface area contributed by atoms with Crippen LogP contribution in [0.2, 0.25) is 5.02 Å². The van der Waals surface area contributed by atoms with Crippen molar-refractivity contribution in [2.75, 3.05) is 5.32 Å². The number of nitro groups is 1. The van der Waals surface area contributed by atoms with Crippen LogP contribution in [0.1, 0.15) is 20.3 Å². The van der Waals surface area contributed by atoms with Crippen molar-refractivity contribution in [1.29, 1.82) is 0 Å². The van der Waals surface area contributed by atoms with Gasteiger partial charge in [0.25, 0.3) is 5.69 Å². The van der Waals surface area contributed by atoms with Gasteiger partial charge in [-0.1, -0.05) is 18.5 Å². The number of nitro benzene ring substituents is 1. The Morgan fingerprint density at radius 3 is 2.72 bits per heavy atom. The lowest BCUT2D eigenvalue weighted by Crippen LogP contribution is -2.47.